The van der Waals surface area contributed by atoms with Gasteiger partial charge in [-0.15, -0.1) is 11.3 Å². The van der Waals surface area contributed by atoms with E-state index in [-0.39, 0.29) is 17.3 Å². The molecule has 0 fully saturated rings. The Bertz CT molecular complexity index is 844. The minimum atomic E-state index is -3.75. The van der Waals surface area contributed by atoms with Crippen LogP contribution in [0.15, 0.2) is 34.5 Å². The average molecular weight is 368 g/mol. The molecule has 2 rings (SSSR count). The molecule has 1 aromatic carbocycles. The number of aryl methyl sites for hydroxylation is 2. The number of benzene rings is 1. The van der Waals surface area contributed by atoms with E-state index in [1.165, 1.54) is 30.4 Å². The molecule has 0 aliphatic heterocycles. The van der Waals surface area contributed by atoms with E-state index in [1.54, 1.807) is 13.0 Å². The summed E-state index contributed by atoms with van der Waals surface area (Å²) in [7, 11) is -3.75. The molecule has 0 spiro atoms. The standard InChI is InChI=1S/C16H20N2O4S2/c1-10-6-7-23-16(10)14(20)9-17-24(21,22)15-5-4-13(8-11(15)2)18-12(3)19/h4-8,14,17,20H,9H2,1-3H3,(H,18,19). The molecule has 6 nitrogen and oxygen atoms in total. The van der Waals surface area contributed by atoms with Crippen molar-refractivity contribution in [1.29, 1.82) is 0 Å². The summed E-state index contributed by atoms with van der Waals surface area (Å²) in [5.41, 5.74) is 1.98. The van der Waals surface area contributed by atoms with Crippen LogP contribution in [0, 0.1) is 13.8 Å². The van der Waals surface area contributed by atoms with Crippen molar-refractivity contribution in [2.45, 2.75) is 31.8 Å². The largest absolute Gasteiger partial charge is 0.386 e. The van der Waals surface area contributed by atoms with Crippen LogP contribution in [0.2, 0.25) is 0 Å². The van der Waals surface area contributed by atoms with Crippen LogP contribution in [-0.4, -0.2) is 26.0 Å². The minimum Gasteiger partial charge on any atom is -0.386 e. The molecule has 24 heavy (non-hydrogen) atoms. The zero-order chi connectivity index (χ0) is 17.9. The second-order valence-electron chi connectivity index (χ2n) is 5.50. The van der Waals surface area contributed by atoms with E-state index in [4.69, 9.17) is 0 Å². The van der Waals surface area contributed by atoms with Crippen molar-refractivity contribution in [3.8, 4) is 0 Å². The molecule has 1 atom stereocenters. The first-order valence-corrected chi connectivity index (χ1v) is 9.67. The summed E-state index contributed by atoms with van der Waals surface area (Å²) < 4.78 is 27.3. The lowest BCUT2D eigenvalue weighted by molar-refractivity contribution is -0.114. The van der Waals surface area contributed by atoms with Gasteiger partial charge < -0.3 is 10.4 Å². The number of hydrogen-bond acceptors (Lipinski definition) is 5. The fourth-order valence-electron chi connectivity index (χ4n) is 2.32. The van der Waals surface area contributed by atoms with Crippen molar-refractivity contribution in [3.63, 3.8) is 0 Å². The average Bonchev–Trinajstić information content (AvgIpc) is 2.90. The van der Waals surface area contributed by atoms with Gasteiger partial charge in [0.2, 0.25) is 15.9 Å². The summed E-state index contributed by atoms with van der Waals surface area (Å²) >= 11 is 1.39. The van der Waals surface area contributed by atoms with E-state index < -0.39 is 16.1 Å². The van der Waals surface area contributed by atoms with Crippen molar-refractivity contribution < 1.29 is 18.3 Å². The number of anilines is 1. The predicted octanol–water partition coefficient (Wildman–Crippen LogP) is 2.34. The van der Waals surface area contributed by atoms with Crippen LogP contribution >= 0.6 is 11.3 Å². The van der Waals surface area contributed by atoms with Crippen molar-refractivity contribution in [2.75, 3.05) is 11.9 Å². The number of carbonyl (C=O) groups is 1. The third-order valence-corrected chi connectivity index (χ3v) is 6.16. The molecule has 1 aromatic heterocycles. The molecule has 2 aromatic rings. The summed E-state index contributed by atoms with van der Waals surface area (Å²) in [5, 5.41) is 14.6. The third-order valence-electron chi connectivity index (χ3n) is 3.46. The highest BCUT2D eigenvalue weighted by Crippen LogP contribution is 2.24. The van der Waals surface area contributed by atoms with Gasteiger partial charge in [0.15, 0.2) is 0 Å². The lowest BCUT2D eigenvalue weighted by Gasteiger charge is -2.14. The Kier molecular flexibility index (Phi) is 5.76. The molecule has 0 radical (unpaired) electrons. The van der Waals surface area contributed by atoms with E-state index in [1.807, 2.05) is 18.4 Å². The van der Waals surface area contributed by atoms with Crippen LogP contribution in [0.5, 0.6) is 0 Å². The number of thiophene rings is 1. The topological polar surface area (TPSA) is 95.5 Å². The van der Waals surface area contributed by atoms with Crippen LogP contribution in [0.3, 0.4) is 0 Å². The summed E-state index contributed by atoms with van der Waals surface area (Å²) in [6.07, 6.45) is -0.890. The van der Waals surface area contributed by atoms with Crippen LogP contribution in [0.1, 0.15) is 29.0 Å². The van der Waals surface area contributed by atoms with Crippen molar-refractivity contribution in [3.05, 3.63) is 45.6 Å². The monoisotopic (exact) mass is 368 g/mol. The molecule has 1 unspecified atom stereocenters. The van der Waals surface area contributed by atoms with Gasteiger partial charge in [-0.1, -0.05) is 0 Å². The van der Waals surface area contributed by atoms with Gasteiger partial charge in [-0.3, -0.25) is 4.79 Å². The second-order valence-corrected chi connectivity index (χ2v) is 8.18. The Hall–Kier alpha value is -1.74. The molecule has 0 aliphatic rings. The van der Waals surface area contributed by atoms with E-state index in [0.29, 0.717) is 11.3 Å². The first-order chi connectivity index (χ1) is 11.2. The molecule has 8 heteroatoms. The highest BCUT2D eigenvalue weighted by Gasteiger charge is 2.20. The van der Waals surface area contributed by atoms with Gasteiger partial charge in [-0.2, -0.15) is 0 Å². The van der Waals surface area contributed by atoms with Gasteiger partial charge in [0.05, 0.1) is 4.90 Å². The minimum absolute atomic E-state index is 0.101. The summed E-state index contributed by atoms with van der Waals surface area (Å²) in [6.45, 7) is 4.81. The Morgan fingerprint density at radius 3 is 2.50 bits per heavy atom. The number of hydrogen-bond donors (Lipinski definition) is 3. The molecule has 0 bridgehead atoms. The third kappa shape index (κ3) is 4.41. The summed E-state index contributed by atoms with van der Waals surface area (Å²) in [5.74, 6) is -0.224. The van der Waals surface area contributed by atoms with Gasteiger partial charge in [-0.05, 0) is 54.6 Å². The lowest BCUT2D eigenvalue weighted by Crippen LogP contribution is -2.29. The van der Waals surface area contributed by atoms with E-state index in [0.717, 1.165) is 10.4 Å². The Labute approximate surface area is 145 Å². The Morgan fingerprint density at radius 1 is 1.25 bits per heavy atom. The van der Waals surface area contributed by atoms with Crippen LogP contribution in [-0.2, 0) is 14.8 Å². The highest BCUT2D eigenvalue weighted by atomic mass is 32.2. The SMILES string of the molecule is CC(=O)Nc1ccc(S(=O)(=O)NCC(O)c2sccc2C)c(C)c1. The Balaban J connectivity index is 2.13. The first-order valence-electron chi connectivity index (χ1n) is 7.30. The Morgan fingerprint density at radius 2 is 1.96 bits per heavy atom. The number of sulfonamides is 1. The molecule has 0 saturated heterocycles. The van der Waals surface area contributed by atoms with Gasteiger partial charge in [0, 0.05) is 24.0 Å². The van der Waals surface area contributed by atoms with E-state index in [2.05, 4.69) is 10.0 Å². The maximum Gasteiger partial charge on any atom is 0.240 e. The van der Waals surface area contributed by atoms with Crippen molar-refractivity contribution in [2.24, 2.45) is 0 Å². The molecular formula is C16H20N2O4S2. The van der Waals surface area contributed by atoms with Gasteiger partial charge in [-0.25, -0.2) is 13.1 Å². The van der Waals surface area contributed by atoms with E-state index in [9.17, 15) is 18.3 Å². The molecule has 1 heterocycles. The molecule has 130 valence electrons. The highest BCUT2D eigenvalue weighted by molar-refractivity contribution is 7.89. The smallest absolute Gasteiger partial charge is 0.240 e. The number of nitrogens with one attached hydrogen (secondary N) is 2. The molecule has 0 aliphatic carbocycles. The molecule has 0 saturated carbocycles. The molecular weight excluding hydrogens is 348 g/mol. The fraction of sp³-hybridized carbons (Fsp3) is 0.312. The van der Waals surface area contributed by atoms with Crippen LogP contribution in [0.4, 0.5) is 5.69 Å². The number of aliphatic hydroxyl groups is 1. The molecule has 3 N–H and O–H groups in total. The van der Waals surface area contributed by atoms with Crippen LogP contribution in [0.25, 0.3) is 0 Å². The number of aliphatic hydroxyl groups excluding tert-OH is 1. The zero-order valence-electron chi connectivity index (χ0n) is 13.7. The number of rotatable bonds is 6. The predicted molar refractivity (Wildman–Crippen MR) is 94.7 cm³/mol. The quantitative estimate of drug-likeness (QED) is 0.729. The van der Waals surface area contributed by atoms with E-state index >= 15 is 0 Å². The zero-order valence-corrected chi connectivity index (χ0v) is 15.3. The second kappa shape index (κ2) is 7.43. The summed E-state index contributed by atoms with van der Waals surface area (Å²) in [6, 6.07) is 6.44. The lowest BCUT2D eigenvalue weighted by atomic mass is 10.2. The maximum absolute atomic E-state index is 12.4. The first kappa shape index (κ1) is 18.6. The fourth-order valence-corrected chi connectivity index (χ4v) is 4.49. The van der Waals surface area contributed by atoms with Crippen molar-refractivity contribution in [1.82, 2.24) is 4.72 Å². The molecule has 1 amide bonds. The van der Waals surface area contributed by atoms with Gasteiger partial charge >= 0.3 is 0 Å². The van der Waals surface area contributed by atoms with Crippen molar-refractivity contribution >= 4 is 33.0 Å². The van der Waals surface area contributed by atoms with Crippen LogP contribution < -0.4 is 10.0 Å². The maximum atomic E-state index is 12.4. The summed E-state index contributed by atoms with van der Waals surface area (Å²) in [4.78, 5) is 11.9. The van der Waals surface area contributed by atoms with Gasteiger partial charge in [0.25, 0.3) is 0 Å². The number of amides is 1. The normalized spacial score (nSPS) is 12.8. The van der Waals surface area contributed by atoms with Gasteiger partial charge in [0.1, 0.15) is 6.10 Å². The number of carbonyl (C=O) groups excluding carboxylic acids is 1.